The first kappa shape index (κ1) is 14.9. The summed E-state index contributed by atoms with van der Waals surface area (Å²) in [6.07, 6.45) is 0. The molecule has 0 aliphatic carbocycles. The number of rotatable bonds is 4. The van der Waals surface area contributed by atoms with Gasteiger partial charge < -0.3 is 14.4 Å². The van der Waals surface area contributed by atoms with Crippen LogP contribution in [-0.4, -0.2) is 39.1 Å². The fraction of sp³-hybridized carbons (Fsp3) is 0.235. The van der Waals surface area contributed by atoms with Gasteiger partial charge in [-0.3, -0.25) is 0 Å². The molecular weight excluding hydrogens is 264 g/mol. The quantitative estimate of drug-likeness (QED) is 0.638. The SMILES string of the molecule is COc1ccc(C(=Nc2cccc(OC)c2)N(C)C)cc1. The van der Waals surface area contributed by atoms with Crippen LogP contribution in [0.2, 0.25) is 0 Å². The van der Waals surface area contributed by atoms with Gasteiger partial charge >= 0.3 is 0 Å². The van der Waals surface area contributed by atoms with Crippen molar-refractivity contribution in [3.05, 3.63) is 54.1 Å². The lowest BCUT2D eigenvalue weighted by molar-refractivity contribution is 0.414. The summed E-state index contributed by atoms with van der Waals surface area (Å²) in [4.78, 5) is 6.70. The lowest BCUT2D eigenvalue weighted by Crippen LogP contribution is -2.22. The third-order valence-electron chi connectivity index (χ3n) is 3.06. The van der Waals surface area contributed by atoms with Crippen molar-refractivity contribution in [2.75, 3.05) is 28.3 Å². The number of methoxy groups -OCH3 is 2. The Morgan fingerprint density at radius 2 is 1.57 bits per heavy atom. The number of hydrogen-bond acceptors (Lipinski definition) is 3. The van der Waals surface area contributed by atoms with Crippen LogP contribution in [0.5, 0.6) is 11.5 Å². The Bertz CT molecular complexity index is 619. The minimum atomic E-state index is 0.795. The molecule has 0 aliphatic heterocycles. The van der Waals surface area contributed by atoms with Gasteiger partial charge in [0.2, 0.25) is 0 Å². The molecule has 0 unspecified atom stereocenters. The Labute approximate surface area is 125 Å². The molecule has 0 amide bonds. The summed E-state index contributed by atoms with van der Waals surface area (Å²) in [6, 6.07) is 15.6. The van der Waals surface area contributed by atoms with E-state index in [-0.39, 0.29) is 0 Å². The zero-order valence-electron chi connectivity index (χ0n) is 12.8. The van der Waals surface area contributed by atoms with Crippen molar-refractivity contribution in [2.45, 2.75) is 0 Å². The van der Waals surface area contributed by atoms with E-state index in [1.807, 2.05) is 67.5 Å². The summed E-state index contributed by atoms with van der Waals surface area (Å²) < 4.78 is 10.4. The molecule has 2 aromatic rings. The van der Waals surface area contributed by atoms with Crippen molar-refractivity contribution in [1.29, 1.82) is 0 Å². The summed E-state index contributed by atoms with van der Waals surface area (Å²) >= 11 is 0. The molecule has 21 heavy (non-hydrogen) atoms. The first-order valence-electron chi connectivity index (χ1n) is 6.68. The number of hydrogen-bond donors (Lipinski definition) is 0. The maximum absolute atomic E-state index is 5.23. The highest BCUT2D eigenvalue weighted by Gasteiger charge is 2.07. The summed E-state index contributed by atoms with van der Waals surface area (Å²) in [5.74, 6) is 2.51. The smallest absolute Gasteiger partial charge is 0.136 e. The fourth-order valence-electron chi connectivity index (χ4n) is 1.97. The molecule has 0 saturated carbocycles. The van der Waals surface area contributed by atoms with Crippen LogP contribution in [0, 0.1) is 0 Å². The summed E-state index contributed by atoms with van der Waals surface area (Å²) in [5.41, 5.74) is 1.89. The molecule has 2 aromatic carbocycles. The van der Waals surface area contributed by atoms with E-state index in [0.29, 0.717) is 0 Å². The molecule has 0 saturated heterocycles. The molecule has 0 spiro atoms. The molecule has 4 heteroatoms. The second kappa shape index (κ2) is 6.79. The summed E-state index contributed by atoms with van der Waals surface area (Å²) in [7, 11) is 7.26. The number of benzene rings is 2. The molecule has 2 rings (SSSR count). The zero-order valence-corrected chi connectivity index (χ0v) is 12.8. The van der Waals surface area contributed by atoms with E-state index in [9.17, 15) is 0 Å². The Morgan fingerprint density at radius 3 is 2.14 bits per heavy atom. The molecule has 0 heterocycles. The molecule has 0 fully saturated rings. The second-order valence-corrected chi connectivity index (χ2v) is 4.76. The topological polar surface area (TPSA) is 34.1 Å². The minimum Gasteiger partial charge on any atom is -0.497 e. The van der Waals surface area contributed by atoms with E-state index < -0.39 is 0 Å². The van der Waals surface area contributed by atoms with Crippen LogP contribution < -0.4 is 9.47 Å². The fourth-order valence-corrected chi connectivity index (χ4v) is 1.97. The van der Waals surface area contributed by atoms with E-state index >= 15 is 0 Å². The van der Waals surface area contributed by atoms with Crippen molar-refractivity contribution < 1.29 is 9.47 Å². The zero-order chi connectivity index (χ0) is 15.2. The van der Waals surface area contributed by atoms with Crippen LogP contribution in [0.3, 0.4) is 0 Å². The molecule has 0 N–H and O–H groups in total. The maximum atomic E-state index is 5.23. The Kier molecular flexibility index (Phi) is 4.82. The molecule has 4 nitrogen and oxygen atoms in total. The highest BCUT2D eigenvalue weighted by atomic mass is 16.5. The van der Waals surface area contributed by atoms with Gasteiger partial charge in [-0.05, 0) is 36.4 Å². The highest BCUT2D eigenvalue weighted by Crippen LogP contribution is 2.21. The van der Waals surface area contributed by atoms with Crippen LogP contribution in [0.1, 0.15) is 5.56 Å². The van der Waals surface area contributed by atoms with Gasteiger partial charge in [-0.1, -0.05) is 6.07 Å². The van der Waals surface area contributed by atoms with Gasteiger partial charge in [-0.25, -0.2) is 4.99 Å². The number of nitrogens with zero attached hydrogens (tertiary/aromatic N) is 2. The van der Waals surface area contributed by atoms with Gasteiger partial charge in [0.1, 0.15) is 17.3 Å². The van der Waals surface area contributed by atoms with Gasteiger partial charge in [0.25, 0.3) is 0 Å². The third-order valence-corrected chi connectivity index (χ3v) is 3.06. The van der Waals surface area contributed by atoms with Crippen molar-refractivity contribution >= 4 is 11.5 Å². The maximum Gasteiger partial charge on any atom is 0.136 e. The summed E-state index contributed by atoms with van der Waals surface area (Å²) in [6.45, 7) is 0. The highest BCUT2D eigenvalue weighted by molar-refractivity contribution is 6.00. The van der Waals surface area contributed by atoms with Crippen molar-refractivity contribution in [3.8, 4) is 11.5 Å². The van der Waals surface area contributed by atoms with Crippen molar-refractivity contribution in [2.24, 2.45) is 4.99 Å². The van der Waals surface area contributed by atoms with E-state index in [0.717, 1.165) is 28.6 Å². The number of aliphatic imine (C=N–C) groups is 1. The van der Waals surface area contributed by atoms with Crippen LogP contribution in [0.15, 0.2) is 53.5 Å². The van der Waals surface area contributed by atoms with Crippen LogP contribution in [0.25, 0.3) is 0 Å². The van der Waals surface area contributed by atoms with Crippen LogP contribution in [0.4, 0.5) is 5.69 Å². The lowest BCUT2D eigenvalue weighted by atomic mass is 10.2. The van der Waals surface area contributed by atoms with E-state index in [1.165, 1.54) is 0 Å². The van der Waals surface area contributed by atoms with Gasteiger partial charge in [0, 0.05) is 25.7 Å². The predicted octanol–water partition coefficient (Wildman–Crippen LogP) is 3.34. The van der Waals surface area contributed by atoms with Gasteiger partial charge in [0.15, 0.2) is 0 Å². The Balaban J connectivity index is 2.39. The van der Waals surface area contributed by atoms with Gasteiger partial charge in [-0.15, -0.1) is 0 Å². The molecule has 0 aromatic heterocycles. The lowest BCUT2D eigenvalue weighted by Gasteiger charge is -2.16. The van der Waals surface area contributed by atoms with Crippen molar-refractivity contribution in [3.63, 3.8) is 0 Å². The molecule has 0 atom stereocenters. The predicted molar refractivity (Wildman–Crippen MR) is 85.9 cm³/mol. The third kappa shape index (κ3) is 3.75. The molecular formula is C17H20N2O2. The molecule has 110 valence electrons. The van der Waals surface area contributed by atoms with Gasteiger partial charge in [-0.2, -0.15) is 0 Å². The van der Waals surface area contributed by atoms with Crippen LogP contribution >= 0.6 is 0 Å². The largest absolute Gasteiger partial charge is 0.497 e. The second-order valence-electron chi connectivity index (χ2n) is 4.76. The molecule has 0 aliphatic rings. The standard InChI is InChI=1S/C17H20N2O2/c1-19(2)17(13-8-10-15(20-3)11-9-13)18-14-6-5-7-16(12-14)21-4/h5-12H,1-4H3. The first-order chi connectivity index (χ1) is 10.1. The minimum absolute atomic E-state index is 0.795. The van der Waals surface area contributed by atoms with Crippen LogP contribution in [-0.2, 0) is 0 Å². The normalized spacial score (nSPS) is 11.1. The van der Waals surface area contributed by atoms with E-state index in [2.05, 4.69) is 0 Å². The van der Waals surface area contributed by atoms with Gasteiger partial charge in [0.05, 0.1) is 19.9 Å². The van der Waals surface area contributed by atoms with E-state index in [1.54, 1.807) is 14.2 Å². The number of ether oxygens (including phenoxy) is 2. The molecule has 0 radical (unpaired) electrons. The molecule has 0 bridgehead atoms. The Morgan fingerprint density at radius 1 is 0.905 bits per heavy atom. The summed E-state index contributed by atoms with van der Waals surface area (Å²) in [5, 5.41) is 0. The van der Waals surface area contributed by atoms with Crippen molar-refractivity contribution in [1.82, 2.24) is 4.90 Å². The van der Waals surface area contributed by atoms with E-state index in [4.69, 9.17) is 14.5 Å². The monoisotopic (exact) mass is 284 g/mol. The average molecular weight is 284 g/mol. The average Bonchev–Trinajstić information content (AvgIpc) is 2.52. The number of amidine groups is 1. The first-order valence-corrected chi connectivity index (χ1v) is 6.68. The Hall–Kier alpha value is -2.49.